The minimum absolute atomic E-state index is 0.00736. The van der Waals surface area contributed by atoms with Gasteiger partial charge in [-0.25, -0.2) is 0 Å². The van der Waals surface area contributed by atoms with Crippen LogP contribution in [0.25, 0.3) is 0 Å². The highest BCUT2D eigenvalue weighted by atomic mass is 16.5. The third kappa shape index (κ3) is 7.28. The van der Waals surface area contributed by atoms with Gasteiger partial charge in [0.05, 0.1) is 12.7 Å². The predicted octanol–water partition coefficient (Wildman–Crippen LogP) is 0.154. The number of methoxy groups -OCH3 is 1. The molecule has 2 N–H and O–H groups in total. The molecule has 1 aliphatic rings. The molecule has 1 aromatic heterocycles. The molecule has 3 amide bonds. The summed E-state index contributed by atoms with van der Waals surface area (Å²) in [6.45, 7) is 3.37. The van der Waals surface area contributed by atoms with Crippen LogP contribution in [0.3, 0.4) is 0 Å². The van der Waals surface area contributed by atoms with E-state index in [0.29, 0.717) is 32.1 Å². The monoisotopic (exact) mass is 396 g/mol. The summed E-state index contributed by atoms with van der Waals surface area (Å²) >= 11 is 0. The number of rotatable bonds is 11. The highest BCUT2D eigenvalue weighted by Crippen LogP contribution is 2.16. The van der Waals surface area contributed by atoms with Crippen LogP contribution in [0.5, 0.6) is 0 Å². The lowest BCUT2D eigenvalue weighted by atomic mass is 10.2. The maximum atomic E-state index is 12.6. The Labute approximate surface area is 163 Å². The van der Waals surface area contributed by atoms with Crippen molar-refractivity contribution in [2.45, 2.75) is 38.7 Å². The average Bonchev–Trinajstić information content (AvgIpc) is 3.34. The minimum atomic E-state index is -0.387. The highest BCUT2D eigenvalue weighted by molar-refractivity contribution is 5.99. The summed E-state index contributed by atoms with van der Waals surface area (Å²) in [4.78, 5) is 37.9. The zero-order chi connectivity index (χ0) is 20.4. The van der Waals surface area contributed by atoms with Gasteiger partial charge in [0.2, 0.25) is 17.7 Å². The summed E-state index contributed by atoms with van der Waals surface area (Å²) in [5.41, 5.74) is 0. The Kier molecular flexibility index (Phi) is 8.89. The zero-order valence-corrected chi connectivity index (χ0v) is 16.4. The lowest BCUT2D eigenvalue weighted by Crippen LogP contribution is -2.43. The highest BCUT2D eigenvalue weighted by Gasteiger charge is 2.24. The van der Waals surface area contributed by atoms with Gasteiger partial charge in [-0.2, -0.15) is 0 Å². The van der Waals surface area contributed by atoms with Gasteiger partial charge in [0.1, 0.15) is 12.3 Å². The summed E-state index contributed by atoms with van der Waals surface area (Å²) in [5.74, 6) is -0.208. The van der Waals surface area contributed by atoms with Crippen LogP contribution in [0.1, 0.15) is 31.4 Å². The van der Waals surface area contributed by atoms with E-state index < -0.39 is 0 Å². The Morgan fingerprint density at radius 1 is 1.29 bits per heavy atom. The average molecular weight is 396 g/mol. The topological polar surface area (TPSA) is 123 Å². The van der Waals surface area contributed by atoms with Crippen molar-refractivity contribution in [2.75, 3.05) is 44.9 Å². The molecule has 1 atom stereocenters. The largest absolute Gasteiger partial charge is 0.383 e. The molecule has 2 rings (SSSR count). The molecule has 156 valence electrons. The Balaban J connectivity index is 1.88. The first-order valence-corrected chi connectivity index (χ1v) is 9.37. The number of aromatic nitrogens is 1. The Morgan fingerprint density at radius 2 is 2.11 bits per heavy atom. The van der Waals surface area contributed by atoms with E-state index in [1.165, 1.54) is 12.0 Å². The number of carbonyl (C=O) groups is 3. The SMILES string of the molecule is COCCNC(=O)CCC(=O)N(CC(=O)NC[C@H]1CCCO1)c1cc(C)on1. The van der Waals surface area contributed by atoms with E-state index in [1.807, 2.05) is 0 Å². The zero-order valence-electron chi connectivity index (χ0n) is 16.4. The molecule has 2 heterocycles. The first-order chi connectivity index (χ1) is 13.5. The van der Waals surface area contributed by atoms with Crippen LogP contribution in [0.2, 0.25) is 0 Å². The number of amides is 3. The van der Waals surface area contributed by atoms with Crippen LogP contribution in [-0.4, -0.2) is 68.9 Å². The molecule has 1 aromatic rings. The summed E-state index contributed by atoms with van der Waals surface area (Å²) in [6, 6.07) is 1.57. The minimum Gasteiger partial charge on any atom is -0.383 e. The molecule has 0 bridgehead atoms. The molecule has 1 aliphatic heterocycles. The molecule has 28 heavy (non-hydrogen) atoms. The van der Waals surface area contributed by atoms with E-state index in [-0.39, 0.29) is 49.0 Å². The molecule has 0 saturated carbocycles. The van der Waals surface area contributed by atoms with Gasteiger partial charge in [0, 0.05) is 45.7 Å². The van der Waals surface area contributed by atoms with Crippen molar-refractivity contribution in [3.05, 3.63) is 11.8 Å². The maximum absolute atomic E-state index is 12.6. The molecule has 0 aromatic carbocycles. The van der Waals surface area contributed by atoms with Gasteiger partial charge in [0.25, 0.3) is 0 Å². The van der Waals surface area contributed by atoms with E-state index in [0.717, 1.165) is 12.8 Å². The number of carbonyl (C=O) groups excluding carboxylic acids is 3. The second kappa shape index (κ2) is 11.4. The van der Waals surface area contributed by atoms with Crippen LogP contribution in [0.15, 0.2) is 10.6 Å². The number of hydrogen-bond acceptors (Lipinski definition) is 7. The fourth-order valence-electron chi connectivity index (χ4n) is 2.75. The molecule has 0 unspecified atom stereocenters. The molecule has 10 nitrogen and oxygen atoms in total. The van der Waals surface area contributed by atoms with Gasteiger partial charge in [-0.15, -0.1) is 0 Å². The number of anilines is 1. The van der Waals surface area contributed by atoms with E-state index in [1.54, 1.807) is 13.0 Å². The maximum Gasteiger partial charge on any atom is 0.240 e. The summed E-state index contributed by atoms with van der Waals surface area (Å²) in [6.07, 6.45) is 1.86. The van der Waals surface area contributed by atoms with Crippen molar-refractivity contribution in [1.29, 1.82) is 0 Å². The number of ether oxygens (including phenoxy) is 2. The summed E-state index contributed by atoms with van der Waals surface area (Å²) in [7, 11) is 1.54. The molecule has 0 radical (unpaired) electrons. The Morgan fingerprint density at radius 3 is 2.75 bits per heavy atom. The summed E-state index contributed by atoms with van der Waals surface area (Å²) in [5, 5.41) is 9.25. The van der Waals surface area contributed by atoms with Crippen LogP contribution < -0.4 is 15.5 Å². The van der Waals surface area contributed by atoms with E-state index in [2.05, 4.69) is 15.8 Å². The standard InChI is InChI=1S/C18H28N4O6/c1-13-10-15(21-28-13)22(12-17(24)20-11-14-4-3-8-27-14)18(25)6-5-16(23)19-7-9-26-2/h10,14H,3-9,11-12H2,1-2H3,(H,19,23)(H,20,24)/t14-/m1/s1. The van der Waals surface area contributed by atoms with Crippen molar-refractivity contribution in [3.63, 3.8) is 0 Å². The number of nitrogens with one attached hydrogen (secondary N) is 2. The van der Waals surface area contributed by atoms with Gasteiger partial charge in [0.15, 0.2) is 5.82 Å². The molecule has 10 heteroatoms. The first kappa shape index (κ1) is 21.8. The van der Waals surface area contributed by atoms with Gasteiger partial charge in [-0.1, -0.05) is 5.16 Å². The normalized spacial score (nSPS) is 16.0. The fourth-order valence-corrected chi connectivity index (χ4v) is 2.75. The van der Waals surface area contributed by atoms with Crippen molar-refractivity contribution >= 4 is 23.5 Å². The fraction of sp³-hybridized carbons (Fsp3) is 0.667. The second-order valence-corrected chi connectivity index (χ2v) is 6.56. The number of aryl methyl sites for hydroxylation is 1. The number of nitrogens with zero attached hydrogens (tertiary/aromatic N) is 2. The third-order valence-electron chi connectivity index (χ3n) is 4.24. The Bertz CT molecular complexity index is 656. The Hall–Kier alpha value is -2.46. The molecule has 0 spiro atoms. The molecular formula is C18H28N4O6. The van der Waals surface area contributed by atoms with Crippen LogP contribution in [0, 0.1) is 6.92 Å². The third-order valence-corrected chi connectivity index (χ3v) is 4.24. The van der Waals surface area contributed by atoms with Crippen molar-refractivity contribution in [3.8, 4) is 0 Å². The van der Waals surface area contributed by atoms with Gasteiger partial charge in [-0.3, -0.25) is 19.3 Å². The van der Waals surface area contributed by atoms with E-state index in [4.69, 9.17) is 14.0 Å². The lowest BCUT2D eigenvalue weighted by Gasteiger charge is -2.20. The smallest absolute Gasteiger partial charge is 0.240 e. The van der Waals surface area contributed by atoms with Crippen molar-refractivity contribution in [2.24, 2.45) is 0 Å². The van der Waals surface area contributed by atoms with Crippen LogP contribution in [0.4, 0.5) is 5.82 Å². The van der Waals surface area contributed by atoms with Crippen molar-refractivity contribution < 1.29 is 28.4 Å². The van der Waals surface area contributed by atoms with Gasteiger partial charge >= 0.3 is 0 Å². The molecule has 0 aliphatic carbocycles. The van der Waals surface area contributed by atoms with Gasteiger partial charge < -0.3 is 24.6 Å². The predicted molar refractivity (Wildman–Crippen MR) is 99.7 cm³/mol. The van der Waals surface area contributed by atoms with Gasteiger partial charge in [-0.05, 0) is 19.8 Å². The van der Waals surface area contributed by atoms with Crippen molar-refractivity contribution in [1.82, 2.24) is 15.8 Å². The molecule has 1 fully saturated rings. The summed E-state index contributed by atoms with van der Waals surface area (Å²) < 4.78 is 15.4. The lowest BCUT2D eigenvalue weighted by molar-refractivity contribution is -0.126. The van der Waals surface area contributed by atoms with E-state index in [9.17, 15) is 14.4 Å². The first-order valence-electron chi connectivity index (χ1n) is 9.37. The second-order valence-electron chi connectivity index (χ2n) is 6.56. The van der Waals surface area contributed by atoms with Crippen LogP contribution in [-0.2, 0) is 23.9 Å². The molecule has 1 saturated heterocycles. The van der Waals surface area contributed by atoms with Crippen LogP contribution >= 0.6 is 0 Å². The van der Waals surface area contributed by atoms with E-state index >= 15 is 0 Å². The number of hydrogen-bond donors (Lipinski definition) is 2. The molecular weight excluding hydrogens is 368 g/mol. The quantitative estimate of drug-likeness (QED) is 0.511.